The summed E-state index contributed by atoms with van der Waals surface area (Å²) in [5.41, 5.74) is 3.53. The van der Waals surface area contributed by atoms with Crippen molar-refractivity contribution in [2.24, 2.45) is 5.92 Å². The third-order valence-corrected chi connectivity index (χ3v) is 5.18. The first-order valence-electron chi connectivity index (χ1n) is 5.81. The van der Waals surface area contributed by atoms with Gasteiger partial charge >= 0.3 is 0 Å². The van der Waals surface area contributed by atoms with Gasteiger partial charge in [0.15, 0.2) is 0 Å². The van der Waals surface area contributed by atoms with Crippen molar-refractivity contribution in [3.63, 3.8) is 0 Å². The summed E-state index contributed by atoms with van der Waals surface area (Å²) in [5, 5.41) is 9.33. The Morgan fingerprint density at radius 3 is 2.47 bits per heavy atom. The molecule has 0 aliphatic heterocycles. The van der Waals surface area contributed by atoms with E-state index in [0.717, 1.165) is 12.8 Å². The Morgan fingerprint density at radius 2 is 1.93 bits per heavy atom. The minimum absolute atomic E-state index is 0.0208. The molecule has 0 amide bonds. The lowest BCUT2D eigenvalue weighted by Crippen LogP contribution is -2.56. The van der Waals surface area contributed by atoms with E-state index in [-0.39, 0.29) is 6.16 Å². The Kier molecular flexibility index (Phi) is 5.27. The van der Waals surface area contributed by atoms with Gasteiger partial charge in [0.05, 0.1) is 6.16 Å². The molecule has 0 spiro atoms. The van der Waals surface area contributed by atoms with Gasteiger partial charge in [-0.25, -0.2) is 0 Å². The zero-order valence-corrected chi connectivity index (χ0v) is 10.2. The fourth-order valence-electron chi connectivity index (χ4n) is 2.27. The van der Waals surface area contributed by atoms with Crippen LogP contribution >= 0.6 is 7.37 Å². The summed E-state index contributed by atoms with van der Waals surface area (Å²) in [6.07, 6.45) is 5.47. The highest BCUT2D eigenvalue weighted by Gasteiger charge is 2.28. The van der Waals surface area contributed by atoms with Gasteiger partial charge in [0.2, 0.25) is 7.37 Å². The van der Waals surface area contributed by atoms with Crippen LogP contribution in [-0.2, 0) is 4.57 Å². The second-order valence-corrected chi connectivity index (χ2v) is 7.08. The summed E-state index contributed by atoms with van der Waals surface area (Å²) in [6.45, 7) is 0.315. The molecule has 1 rings (SSSR count). The van der Waals surface area contributed by atoms with Gasteiger partial charge < -0.3 is 15.7 Å². The molecule has 0 heterocycles. The number of hydrogen-bond donors (Lipinski definition) is 3. The van der Waals surface area contributed by atoms with Crippen LogP contribution in [0.5, 0.6) is 0 Å². The van der Waals surface area contributed by atoms with E-state index < -0.39 is 13.5 Å². The molecule has 1 saturated carbocycles. The minimum Gasteiger partial charge on any atom is -0.387 e. The summed E-state index contributed by atoms with van der Waals surface area (Å²) in [6, 6.07) is 0. The van der Waals surface area contributed by atoms with Crippen LogP contribution in [0.25, 0.3) is 0 Å². The van der Waals surface area contributed by atoms with Crippen molar-refractivity contribution in [1.82, 2.24) is 0 Å². The predicted octanol–water partition coefficient (Wildman–Crippen LogP) is 0.440. The molecule has 0 radical (unpaired) electrons. The Hall–Kier alpha value is 0.110. The maximum atomic E-state index is 11.8. The normalized spacial score (nSPS) is 24.7. The maximum Gasteiger partial charge on any atom is 0.203 e. The molecule has 1 fully saturated rings. The van der Waals surface area contributed by atoms with Gasteiger partial charge in [0, 0.05) is 6.16 Å². The standard InChI is InChI=1S/C10H22NO3P/c11-6-10(12)8-15(13,14)7-9-4-2-1-3-5-9/h9-10,12H,1-8,11H2,(H,13,14)/p+1. The Labute approximate surface area is 91.3 Å². The number of aliphatic hydroxyl groups is 1. The molecule has 15 heavy (non-hydrogen) atoms. The molecule has 0 saturated heterocycles. The lowest BCUT2D eigenvalue weighted by Gasteiger charge is -2.24. The summed E-state index contributed by atoms with van der Waals surface area (Å²) in [7, 11) is -3.12. The Morgan fingerprint density at radius 1 is 1.33 bits per heavy atom. The van der Waals surface area contributed by atoms with E-state index in [1.807, 2.05) is 0 Å². The number of quaternary nitrogens is 1. The van der Waals surface area contributed by atoms with E-state index in [2.05, 4.69) is 5.73 Å². The highest BCUT2D eigenvalue weighted by atomic mass is 31.2. The van der Waals surface area contributed by atoms with Crippen LogP contribution in [0.4, 0.5) is 0 Å². The zero-order valence-electron chi connectivity index (χ0n) is 9.27. The van der Waals surface area contributed by atoms with Crippen molar-refractivity contribution in [2.45, 2.75) is 38.2 Å². The molecule has 4 nitrogen and oxygen atoms in total. The van der Waals surface area contributed by atoms with Crippen molar-refractivity contribution in [3.8, 4) is 0 Å². The molecule has 0 aromatic heterocycles. The second kappa shape index (κ2) is 6.00. The monoisotopic (exact) mass is 236 g/mol. The Balaban J connectivity index is 2.36. The van der Waals surface area contributed by atoms with Crippen molar-refractivity contribution in [1.29, 1.82) is 0 Å². The van der Waals surface area contributed by atoms with E-state index in [9.17, 15) is 14.6 Å². The third kappa shape index (κ3) is 5.12. The average molecular weight is 236 g/mol. The lowest BCUT2D eigenvalue weighted by atomic mass is 9.91. The summed E-state index contributed by atoms with van der Waals surface area (Å²) in [4.78, 5) is 9.74. The average Bonchev–Trinajstić information content (AvgIpc) is 2.17. The molecule has 5 heteroatoms. The van der Waals surface area contributed by atoms with Gasteiger partial charge in [-0.2, -0.15) is 0 Å². The number of rotatable bonds is 5. The third-order valence-electron chi connectivity index (χ3n) is 3.10. The molecule has 2 unspecified atom stereocenters. The molecular formula is C10H23NO3P+. The molecule has 1 aliphatic rings. The number of aliphatic hydroxyl groups excluding tert-OH is 1. The van der Waals surface area contributed by atoms with E-state index >= 15 is 0 Å². The van der Waals surface area contributed by atoms with Gasteiger partial charge in [0.1, 0.15) is 12.6 Å². The van der Waals surface area contributed by atoms with Crippen LogP contribution in [0.3, 0.4) is 0 Å². The van der Waals surface area contributed by atoms with Crippen molar-refractivity contribution in [3.05, 3.63) is 0 Å². The first-order valence-corrected chi connectivity index (χ1v) is 7.84. The van der Waals surface area contributed by atoms with Crippen LogP contribution in [0.1, 0.15) is 32.1 Å². The lowest BCUT2D eigenvalue weighted by molar-refractivity contribution is -0.382. The van der Waals surface area contributed by atoms with Crippen molar-refractivity contribution >= 4 is 7.37 Å². The second-order valence-electron chi connectivity index (χ2n) is 4.66. The summed E-state index contributed by atoms with van der Waals surface area (Å²) in [5.74, 6) is 0.395. The van der Waals surface area contributed by atoms with E-state index in [1.165, 1.54) is 19.3 Å². The highest BCUT2D eigenvalue weighted by Crippen LogP contribution is 2.45. The van der Waals surface area contributed by atoms with E-state index in [0.29, 0.717) is 18.6 Å². The maximum absolute atomic E-state index is 11.8. The van der Waals surface area contributed by atoms with Crippen LogP contribution < -0.4 is 5.73 Å². The zero-order chi connectivity index (χ0) is 11.3. The van der Waals surface area contributed by atoms with Crippen LogP contribution in [0.2, 0.25) is 0 Å². The quantitative estimate of drug-likeness (QED) is 0.605. The fraction of sp³-hybridized carbons (Fsp3) is 1.00. The van der Waals surface area contributed by atoms with Gasteiger partial charge in [-0.15, -0.1) is 0 Å². The fourth-order valence-corrected chi connectivity index (χ4v) is 4.43. The van der Waals surface area contributed by atoms with Crippen molar-refractivity contribution in [2.75, 3.05) is 18.9 Å². The molecule has 0 bridgehead atoms. The SMILES string of the molecule is [NH3+]CC(O)CP(=O)(O)CC1CCCCC1. The van der Waals surface area contributed by atoms with Gasteiger partial charge in [-0.1, -0.05) is 19.3 Å². The molecule has 2 atom stereocenters. The molecule has 0 aromatic carbocycles. The van der Waals surface area contributed by atoms with Gasteiger partial charge in [-0.3, -0.25) is 4.57 Å². The minimum atomic E-state index is -3.12. The predicted molar refractivity (Wildman–Crippen MR) is 59.9 cm³/mol. The largest absolute Gasteiger partial charge is 0.387 e. The number of hydrogen-bond acceptors (Lipinski definition) is 2. The first-order chi connectivity index (χ1) is 7.03. The topological polar surface area (TPSA) is 85.2 Å². The molecular weight excluding hydrogens is 213 g/mol. The molecule has 1 aliphatic carbocycles. The van der Waals surface area contributed by atoms with Crippen molar-refractivity contribution < 1.29 is 20.3 Å². The molecule has 0 aromatic rings. The van der Waals surface area contributed by atoms with Gasteiger partial charge in [-0.05, 0) is 18.8 Å². The van der Waals surface area contributed by atoms with Gasteiger partial charge in [0.25, 0.3) is 0 Å². The summed E-state index contributed by atoms with van der Waals surface area (Å²) >= 11 is 0. The van der Waals surface area contributed by atoms with E-state index in [4.69, 9.17) is 0 Å². The van der Waals surface area contributed by atoms with Crippen LogP contribution in [0, 0.1) is 5.92 Å². The Bertz CT molecular complexity index is 229. The smallest absolute Gasteiger partial charge is 0.203 e. The van der Waals surface area contributed by atoms with E-state index in [1.54, 1.807) is 0 Å². The van der Waals surface area contributed by atoms with Crippen LogP contribution in [0.15, 0.2) is 0 Å². The summed E-state index contributed by atoms with van der Waals surface area (Å²) < 4.78 is 11.8. The first kappa shape index (κ1) is 13.2. The van der Waals surface area contributed by atoms with Crippen LogP contribution in [-0.4, -0.2) is 35.0 Å². The molecule has 5 N–H and O–H groups in total. The highest BCUT2D eigenvalue weighted by molar-refractivity contribution is 7.58. The molecule has 90 valence electrons.